The van der Waals surface area contributed by atoms with Crippen molar-refractivity contribution >= 4 is 50.2 Å². The van der Waals surface area contributed by atoms with Crippen molar-refractivity contribution in [1.82, 2.24) is 19.2 Å². The van der Waals surface area contributed by atoms with E-state index in [1.807, 2.05) is 0 Å². The van der Waals surface area contributed by atoms with E-state index in [-0.39, 0.29) is 22.6 Å². The lowest BCUT2D eigenvalue weighted by Crippen LogP contribution is -2.19. The highest BCUT2D eigenvalue weighted by atomic mass is 35.5. The van der Waals surface area contributed by atoms with Gasteiger partial charge in [0, 0.05) is 29.6 Å². The summed E-state index contributed by atoms with van der Waals surface area (Å²) in [6, 6.07) is 1.94. The molecule has 0 radical (unpaired) electrons. The number of aryl methyl sites for hydroxylation is 1. The predicted molar refractivity (Wildman–Crippen MR) is 113 cm³/mol. The molecule has 3 aromatic rings. The molecule has 30 heavy (non-hydrogen) atoms. The number of alkyl halides is 3. The Hall–Kier alpha value is -2.43. The van der Waals surface area contributed by atoms with E-state index in [1.54, 1.807) is 13.0 Å². The summed E-state index contributed by atoms with van der Waals surface area (Å²) in [6.45, 7) is 5.26. The molecule has 0 saturated heterocycles. The molecule has 6 nitrogen and oxygen atoms in total. The summed E-state index contributed by atoms with van der Waals surface area (Å²) in [4.78, 5) is 22.3. The van der Waals surface area contributed by atoms with E-state index in [9.17, 15) is 18.0 Å². The van der Waals surface area contributed by atoms with Crippen molar-refractivity contribution in [3.63, 3.8) is 0 Å². The Kier molecular flexibility index (Phi) is 6.21. The summed E-state index contributed by atoms with van der Waals surface area (Å²) >= 11 is 13.3. The first-order valence-electron chi connectivity index (χ1n) is 8.35. The van der Waals surface area contributed by atoms with Crippen molar-refractivity contribution < 1.29 is 13.2 Å². The summed E-state index contributed by atoms with van der Waals surface area (Å²) < 4.78 is 40.8. The van der Waals surface area contributed by atoms with Crippen molar-refractivity contribution in [3.8, 4) is 0 Å². The summed E-state index contributed by atoms with van der Waals surface area (Å²) in [5.41, 5.74) is -0.307. The average Bonchev–Trinajstić information content (AvgIpc) is 3.19. The minimum absolute atomic E-state index is 0.191. The van der Waals surface area contributed by atoms with Crippen LogP contribution in [0.2, 0.25) is 5.15 Å². The normalized spacial score (nSPS) is 13.3. The summed E-state index contributed by atoms with van der Waals surface area (Å²) in [7, 11) is 1.52. The standard InChI is InChI=1S/C18H14Cl2F3N5OS/c1-4-5-11(16(20)24-3)15-9(2)30-17-25-10(6-14(29)28(15)17)8-27-13(19)7-12(26-27)18(21,22)23/h4-7H,1,8H2,2-3H3/b11-5-,24-16?. The van der Waals surface area contributed by atoms with E-state index in [4.69, 9.17) is 23.2 Å². The Bertz CT molecular complexity index is 1250. The molecule has 3 rings (SSSR count). The molecule has 0 bridgehead atoms. The van der Waals surface area contributed by atoms with E-state index in [2.05, 4.69) is 21.7 Å². The highest BCUT2D eigenvalue weighted by Gasteiger charge is 2.34. The van der Waals surface area contributed by atoms with Gasteiger partial charge in [-0.15, -0.1) is 11.3 Å². The average molecular weight is 476 g/mol. The molecule has 158 valence electrons. The number of rotatable bonds is 5. The number of hydrogen-bond donors (Lipinski definition) is 0. The van der Waals surface area contributed by atoms with Crippen molar-refractivity contribution in [1.29, 1.82) is 0 Å². The second-order valence-corrected chi connectivity index (χ2v) is 7.98. The highest BCUT2D eigenvalue weighted by Crippen LogP contribution is 2.31. The van der Waals surface area contributed by atoms with Crippen LogP contribution >= 0.6 is 34.5 Å². The van der Waals surface area contributed by atoms with Crippen LogP contribution in [-0.2, 0) is 12.7 Å². The van der Waals surface area contributed by atoms with E-state index in [0.717, 1.165) is 15.6 Å². The molecule has 0 saturated carbocycles. The van der Waals surface area contributed by atoms with Crippen LogP contribution in [0.1, 0.15) is 22.0 Å². The molecule has 0 aliphatic heterocycles. The van der Waals surface area contributed by atoms with E-state index >= 15 is 0 Å². The van der Waals surface area contributed by atoms with E-state index < -0.39 is 17.4 Å². The van der Waals surface area contributed by atoms with Crippen molar-refractivity contribution in [3.05, 3.63) is 68.3 Å². The van der Waals surface area contributed by atoms with Crippen LogP contribution < -0.4 is 5.56 Å². The van der Waals surface area contributed by atoms with Gasteiger partial charge in [0.05, 0.1) is 17.9 Å². The molecule has 0 amide bonds. The van der Waals surface area contributed by atoms with Gasteiger partial charge in [-0.1, -0.05) is 41.9 Å². The van der Waals surface area contributed by atoms with Gasteiger partial charge in [0.15, 0.2) is 10.7 Å². The lowest BCUT2D eigenvalue weighted by Gasteiger charge is -2.07. The SMILES string of the molecule is C=C/C=C(\C(Cl)=NC)c1c(C)sc2nc(Cn3nc(C(F)(F)F)cc3Cl)cc(=O)n12. The molecule has 3 aromatic heterocycles. The van der Waals surface area contributed by atoms with Crippen LogP contribution in [0.15, 0.2) is 40.7 Å². The molecule has 0 N–H and O–H groups in total. The molecule has 0 unspecified atom stereocenters. The zero-order valence-corrected chi connectivity index (χ0v) is 18.0. The summed E-state index contributed by atoms with van der Waals surface area (Å²) in [6.07, 6.45) is -1.47. The van der Waals surface area contributed by atoms with Crippen LogP contribution in [0.3, 0.4) is 0 Å². The number of hydrogen-bond acceptors (Lipinski definition) is 5. The first-order valence-corrected chi connectivity index (χ1v) is 9.92. The number of aliphatic imine (C=N–C) groups is 1. The lowest BCUT2D eigenvalue weighted by molar-refractivity contribution is -0.141. The summed E-state index contributed by atoms with van der Waals surface area (Å²) in [5.74, 6) is 0. The number of nitrogens with zero attached hydrogens (tertiary/aromatic N) is 5. The first kappa shape index (κ1) is 22.3. The number of thiazole rings is 1. The Balaban J connectivity index is 2.11. The molecule has 3 heterocycles. The number of allylic oxidation sites excluding steroid dienone is 3. The van der Waals surface area contributed by atoms with Crippen LogP contribution in [0.5, 0.6) is 0 Å². The molecular weight excluding hydrogens is 462 g/mol. The summed E-state index contributed by atoms with van der Waals surface area (Å²) in [5, 5.41) is 3.43. The molecule has 0 aromatic carbocycles. The molecule has 0 aliphatic carbocycles. The van der Waals surface area contributed by atoms with E-state index in [0.29, 0.717) is 16.2 Å². The maximum atomic E-state index is 12.8. The number of fused-ring (bicyclic) bond motifs is 1. The van der Waals surface area contributed by atoms with Gasteiger partial charge in [0.1, 0.15) is 10.3 Å². The fraction of sp³-hybridized carbons (Fsp3) is 0.222. The van der Waals surface area contributed by atoms with Crippen LogP contribution in [-0.4, -0.2) is 31.4 Å². The maximum absolute atomic E-state index is 12.8. The second kappa shape index (κ2) is 8.37. The topological polar surface area (TPSA) is 64.5 Å². The smallest absolute Gasteiger partial charge is 0.276 e. The van der Waals surface area contributed by atoms with Crippen LogP contribution in [0.4, 0.5) is 13.2 Å². The first-order chi connectivity index (χ1) is 14.1. The molecule has 0 spiro atoms. The Morgan fingerprint density at radius 1 is 1.40 bits per heavy atom. The van der Waals surface area contributed by atoms with Gasteiger partial charge in [0.2, 0.25) is 0 Å². The highest BCUT2D eigenvalue weighted by molar-refractivity contribution is 7.17. The predicted octanol–water partition coefficient (Wildman–Crippen LogP) is 4.82. The Morgan fingerprint density at radius 2 is 2.10 bits per heavy atom. The third-order valence-corrected chi connectivity index (χ3v) is 5.67. The fourth-order valence-corrected chi connectivity index (χ4v) is 4.16. The van der Waals surface area contributed by atoms with Gasteiger partial charge in [-0.25, -0.2) is 9.67 Å². The Morgan fingerprint density at radius 3 is 2.67 bits per heavy atom. The number of aromatic nitrogens is 4. The van der Waals surface area contributed by atoms with E-state index in [1.165, 1.54) is 34.9 Å². The minimum atomic E-state index is -4.63. The third-order valence-electron chi connectivity index (χ3n) is 4.03. The Labute approximate surface area is 182 Å². The van der Waals surface area contributed by atoms with Crippen LogP contribution in [0.25, 0.3) is 10.5 Å². The zero-order chi connectivity index (χ0) is 22.2. The van der Waals surface area contributed by atoms with Gasteiger partial charge < -0.3 is 0 Å². The van der Waals surface area contributed by atoms with Crippen molar-refractivity contribution in [2.24, 2.45) is 4.99 Å². The van der Waals surface area contributed by atoms with Gasteiger partial charge in [-0.2, -0.15) is 18.3 Å². The minimum Gasteiger partial charge on any atom is -0.276 e. The monoisotopic (exact) mass is 475 g/mol. The molecule has 0 aliphatic rings. The van der Waals surface area contributed by atoms with Crippen molar-refractivity contribution in [2.45, 2.75) is 19.6 Å². The second-order valence-electron chi connectivity index (χ2n) is 6.05. The van der Waals surface area contributed by atoms with Gasteiger partial charge >= 0.3 is 6.18 Å². The molecule has 12 heteroatoms. The van der Waals surface area contributed by atoms with Crippen LogP contribution in [0, 0.1) is 6.92 Å². The lowest BCUT2D eigenvalue weighted by atomic mass is 10.1. The molecule has 0 fully saturated rings. The van der Waals surface area contributed by atoms with Gasteiger partial charge in [-0.05, 0) is 6.92 Å². The van der Waals surface area contributed by atoms with Gasteiger partial charge in [0.25, 0.3) is 5.56 Å². The number of halogens is 5. The van der Waals surface area contributed by atoms with Gasteiger partial charge in [-0.3, -0.25) is 14.2 Å². The zero-order valence-electron chi connectivity index (χ0n) is 15.7. The fourth-order valence-electron chi connectivity index (χ4n) is 2.80. The molecular formula is C18H14Cl2F3N5OS. The van der Waals surface area contributed by atoms with Crippen molar-refractivity contribution in [2.75, 3.05) is 7.05 Å². The third kappa shape index (κ3) is 4.21. The maximum Gasteiger partial charge on any atom is 0.435 e. The quantitative estimate of drug-likeness (QED) is 0.392. The molecule has 0 atom stereocenters. The largest absolute Gasteiger partial charge is 0.435 e.